The minimum absolute atomic E-state index is 0.889. The van der Waals surface area contributed by atoms with E-state index in [4.69, 9.17) is 0 Å². The molecular weight excluding hydrogens is 270 g/mol. The van der Waals surface area contributed by atoms with E-state index in [9.17, 15) is 0 Å². The average Bonchev–Trinajstić information content (AvgIpc) is 2.60. The van der Waals surface area contributed by atoms with Gasteiger partial charge in [-0.2, -0.15) is 0 Å². The third kappa shape index (κ3) is 2.27. The van der Waals surface area contributed by atoms with Crippen LogP contribution in [-0.4, -0.2) is 15.0 Å². The van der Waals surface area contributed by atoms with Gasteiger partial charge in [0.15, 0.2) is 0 Å². The Balaban J connectivity index is 1.82. The highest BCUT2D eigenvalue weighted by Crippen LogP contribution is 2.22. The summed E-state index contributed by atoms with van der Waals surface area (Å²) in [4.78, 5) is 13.0. The Labute approximate surface area is 127 Å². The van der Waals surface area contributed by atoms with Crippen molar-refractivity contribution in [2.45, 2.75) is 0 Å². The molecule has 0 N–H and O–H groups in total. The van der Waals surface area contributed by atoms with Gasteiger partial charge in [0.2, 0.25) is 0 Å². The van der Waals surface area contributed by atoms with Crippen molar-refractivity contribution in [2.75, 3.05) is 0 Å². The van der Waals surface area contributed by atoms with Crippen LogP contribution in [0.2, 0.25) is 0 Å². The molecule has 3 aromatic heterocycles. The summed E-state index contributed by atoms with van der Waals surface area (Å²) in [5.41, 5.74) is 3.66. The number of benzene rings is 1. The summed E-state index contributed by atoms with van der Waals surface area (Å²) in [7, 11) is 0. The molecule has 22 heavy (non-hydrogen) atoms. The molecule has 1 aromatic carbocycles. The van der Waals surface area contributed by atoms with E-state index in [-0.39, 0.29) is 0 Å². The van der Waals surface area contributed by atoms with Gasteiger partial charge in [-0.25, -0.2) is 0 Å². The molecule has 3 nitrogen and oxygen atoms in total. The largest absolute Gasteiger partial charge is 0.265 e. The monoisotopic (exact) mass is 281 g/mol. The van der Waals surface area contributed by atoms with Crippen LogP contribution in [0.25, 0.3) is 21.8 Å². The number of hydrogen-bond donors (Lipinski definition) is 0. The molecular formula is C19H11N3. The van der Waals surface area contributed by atoms with Crippen LogP contribution >= 0.6 is 0 Å². The molecule has 4 aromatic rings. The summed E-state index contributed by atoms with van der Waals surface area (Å²) in [5.74, 6) is 6.26. The summed E-state index contributed by atoms with van der Waals surface area (Å²) in [5, 5.41) is 2.14. The summed E-state index contributed by atoms with van der Waals surface area (Å²) >= 11 is 0. The van der Waals surface area contributed by atoms with Gasteiger partial charge in [0, 0.05) is 46.7 Å². The highest BCUT2D eigenvalue weighted by Gasteiger charge is 2.02. The first-order valence-electron chi connectivity index (χ1n) is 6.96. The van der Waals surface area contributed by atoms with Crippen molar-refractivity contribution in [2.24, 2.45) is 0 Å². The lowest BCUT2D eigenvalue weighted by molar-refractivity contribution is 1.32. The van der Waals surface area contributed by atoms with Crippen molar-refractivity contribution in [1.29, 1.82) is 0 Å². The summed E-state index contributed by atoms with van der Waals surface area (Å²) in [6.07, 6.45) is 7.06. The van der Waals surface area contributed by atoms with Crippen LogP contribution in [0.3, 0.4) is 0 Å². The first-order valence-corrected chi connectivity index (χ1v) is 6.96. The Morgan fingerprint density at radius 2 is 1.45 bits per heavy atom. The van der Waals surface area contributed by atoms with Crippen molar-refractivity contribution in [3.63, 3.8) is 0 Å². The van der Waals surface area contributed by atoms with Gasteiger partial charge in [-0.3, -0.25) is 15.0 Å². The van der Waals surface area contributed by atoms with Crippen molar-refractivity contribution in [1.82, 2.24) is 15.0 Å². The van der Waals surface area contributed by atoms with E-state index in [1.807, 2.05) is 30.3 Å². The van der Waals surface area contributed by atoms with Crippen LogP contribution in [0.15, 0.2) is 67.3 Å². The molecule has 3 heterocycles. The second kappa shape index (κ2) is 5.27. The van der Waals surface area contributed by atoms with E-state index in [0.29, 0.717) is 0 Å². The van der Waals surface area contributed by atoms with Crippen LogP contribution < -0.4 is 0 Å². The number of hydrogen-bond acceptors (Lipinski definition) is 3. The Bertz CT molecular complexity index is 1030. The zero-order valence-electron chi connectivity index (χ0n) is 11.7. The van der Waals surface area contributed by atoms with E-state index in [1.54, 1.807) is 24.8 Å². The minimum atomic E-state index is 0.889. The molecule has 0 bridgehead atoms. The van der Waals surface area contributed by atoms with Gasteiger partial charge in [0.1, 0.15) is 0 Å². The van der Waals surface area contributed by atoms with Crippen molar-refractivity contribution >= 4 is 21.8 Å². The molecule has 0 saturated carbocycles. The number of fused-ring (bicyclic) bond motifs is 3. The van der Waals surface area contributed by atoms with Gasteiger partial charge < -0.3 is 0 Å². The maximum atomic E-state index is 4.54. The van der Waals surface area contributed by atoms with Gasteiger partial charge in [0.05, 0.1) is 11.0 Å². The van der Waals surface area contributed by atoms with Crippen molar-refractivity contribution in [3.05, 3.63) is 78.4 Å². The van der Waals surface area contributed by atoms with E-state index < -0.39 is 0 Å². The second-order valence-corrected chi connectivity index (χ2v) is 4.92. The van der Waals surface area contributed by atoms with Gasteiger partial charge >= 0.3 is 0 Å². The lowest BCUT2D eigenvalue weighted by atomic mass is 10.1. The first-order chi connectivity index (χ1) is 10.9. The molecule has 0 amide bonds. The predicted octanol–water partition coefficient (Wildman–Crippen LogP) is 3.58. The van der Waals surface area contributed by atoms with Crippen LogP contribution in [0.1, 0.15) is 11.1 Å². The molecule has 4 rings (SSSR count). The fourth-order valence-electron chi connectivity index (χ4n) is 2.38. The Hall–Kier alpha value is -3.25. The minimum Gasteiger partial charge on any atom is -0.265 e. The molecule has 3 heteroatoms. The van der Waals surface area contributed by atoms with Gasteiger partial charge in [0.25, 0.3) is 0 Å². The van der Waals surface area contributed by atoms with E-state index in [1.165, 1.54) is 0 Å². The summed E-state index contributed by atoms with van der Waals surface area (Å²) in [6, 6.07) is 13.9. The normalized spacial score (nSPS) is 10.4. The zero-order chi connectivity index (χ0) is 14.8. The molecule has 0 saturated heterocycles. The van der Waals surface area contributed by atoms with Gasteiger partial charge in [-0.15, -0.1) is 0 Å². The fourth-order valence-corrected chi connectivity index (χ4v) is 2.38. The molecule has 0 atom stereocenters. The zero-order valence-corrected chi connectivity index (χ0v) is 11.7. The summed E-state index contributed by atoms with van der Waals surface area (Å²) in [6.45, 7) is 0. The Kier molecular flexibility index (Phi) is 2.99. The molecule has 0 unspecified atom stereocenters. The fraction of sp³-hybridized carbons (Fsp3) is 0. The van der Waals surface area contributed by atoms with Crippen molar-refractivity contribution < 1.29 is 0 Å². The average molecular weight is 281 g/mol. The standard InChI is InChI=1S/C19H11N3/c1-2-16-5-6-17-12-15(4-3-14-7-10-20-11-8-14)13-22-19(17)18(16)21-9-1/h1-2,5-13H. The Morgan fingerprint density at radius 3 is 2.36 bits per heavy atom. The van der Waals surface area contributed by atoms with Crippen LogP contribution in [0, 0.1) is 11.8 Å². The highest BCUT2D eigenvalue weighted by atomic mass is 14.7. The maximum absolute atomic E-state index is 4.54. The molecule has 102 valence electrons. The second-order valence-electron chi connectivity index (χ2n) is 4.92. The molecule has 0 aliphatic heterocycles. The summed E-state index contributed by atoms with van der Waals surface area (Å²) < 4.78 is 0. The third-order valence-corrected chi connectivity index (χ3v) is 3.45. The predicted molar refractivity (Wildman–Crippen MR) is 87.3 cm³/mol. The quantitative estimate of drug-likeness (QED) is 0.365. The van der Waals surface area contributed by atoms with E-state index in [2.05, 4.69) is 38.9 Å². The lowest BCUT2D eigenvalue weighted by Gasteiger charge is -2.02. The van der Waals surface area contributed by atoms with E-state index in [0.717, 1.165) is 32.9 Å². The number of rotatable bonds is 0. The van der Waals surface area contributed by atoms with Crippen LogP contribution in [0.5, 0.6) is 0 Å². The first kappa shape index (κ1) is 12.5. The van der Waals surface area contributed by atoms with E-state index >= 15 is 0 Å². The molecule has 0 radical (unpaired) electrons. The lowest BCUT2D eigenvalue weighted by Crippen LogP contribution is -1.86. The number of pyridine rings is 3. The van der Waals surface area contributed by atoms with Crippen molar-refractivity contribution in [3.8, 4) is 11.8 Å². The third-order valence-electron chi connectivity index (χ3n) is 3.45. The number of nitrogens with zero attached hydrogens (tertiary/aromatic N) is 3. The van der Waals surface area contributed by atoms with Gasteiger partial charge in [-0.05, 0) is 24.3 Å². The van der Waals surface area contributed by atoms with Crippen LogP contribution in [0.4, 0.5) is 0 Å². The number of aromatic nitrogens is 3. The smallest absolute Gasteiger partial charge is 0.0965 e. The molecule has 0 spiro atoms. The van der Waals surface area contributed by atoms with Crippen LogP contribution in [-0.2, 0) is 0 Å². The molecule has 0 aliphatic carbocycles. The maximum Gasteiger partial charge on any atom is 0.0965 e. The Morgan fingerprint density at radius 1 is 0.682 bits per heavy atom. The SMILES string of the molecule is C(#Cc1cnc2c(ccc3cccnc32)c1)c1ccncc1. The topological polar surface area (TPSA) is 38.7 Å². The molecule has 0 fully saturated rings. The van der Waals surface area contributed by atoms with Gasteiger partial charge in [-0.1, -0.05) is 30.0 Å². The molecule has 0 aliphatic rings. The highest BCUT2D eigenvalue weighted by molar-refractivity contribution is 6.02.